The molecule has 0 aromatic heterocycles. The van der Waals surface area contributed by atoms with Gasteiger partial charge in [-0.3, -0.25) is 4.79 Å². The van der Waals surface area contributed by atoms with Crippen molar-refractivity contribution >= 4 is 35.2 Å². The van der Waals surface area contributed by atoms with E-state index in [2.05, 4.69) is 0 Å². The monoisotopic (exact) mass is 439 g/mol. The fourth-order valence-electron chi connectivity index (χ4n) is 4.11. The Labute approximate surface area is 187 Å². The second-order valence-corrected chi connectivity index (χ2v) is 8.21. The summed E-state index contributed by atoms with van der Waals surface area (Å²) in [5.41, 5.74) is 4.52. The molecule has 2 aromatic carbocycles. The Kier molecular flexibility index (Phi) is 6.30. The van der Waals surface area contributed by atoms with E-state index < -0.39 is 0 Å². The molecule has 7 heteroatoms. The van der Waals surface area contributed by atoms with E-state index in [1.54, 1.807) is 18.0 Å². The molecule has 31 heavy (non-hydrogen) atoms. The number of hydrazine groups is 1. The number of nitrogens with two attached hydrogens (primary N) is 1. The summed E-state index contributed by atoms with van der Waals surface area (Å²) in [6, 6.07) is 11.4. The Morgan fingerprint density at radius 1 is 1.06 bits per heavy atom. The number of esters is 1. The smallest absolute Gasteiger partial charge is 0.334 e. The van der Waals surface area contributed by atoms with Crippen molar-refractivity contribution in [1.82, 2.24) is 4.90 Å². The van der Waals surface area contributed by atoms with Crippen LogP contribution in [0.15, 0.2) is 42.0 Å². The number of anilines is 1. The molecule has 0 unspecified atom stereocenters. The third-order valence-electron chi connectivity index (χ3n) is 5.73. The van der Waals surface area contributed by atoms with Gasteiger partial charge in [-0.15, -0.1) is 0 Å². The topological polar surface area (TPSA) is 75.9 Å². The number of carbonyl (C=O) groups excluding carboxylic acids is 2. The zero-order valence-corrected chi connectivity index (χ0v) is 18.3. The first-order valence-corrected chi connectivity index (χ1v) is 11.0. The molecule has 4 rings (SSSR count). The fourth-order valence-corrected chi connectivity index (χ4v) is 4.44. The average Bonchev–Trinajstić information content (AvgIpc) is 3.25. The SMILES string of the molecule is CCOC(=O)C1=Cc2cc(-c3ccc(C(=O)N4CCCC4)cc3)cc(Cl)c2N(N)CC1. The van der Waals surface area contributed by atoms with Crippen LogP contribution in [0.1, 0.15) is 42.1 Å². The summed E-state index contributed by atoms with van der Waals surface area (Å²) in [5.74, 6) is 5.94. The van der Waals surface area contributed by atoms with E-state index in [1.165, 1.54) is 0 Å². The average molecular weight is 440 g/mol. The van der Waals surface area contributed by atoms with Crippen molar-refractivity contribution in [2.45, 2.75) is 26.2 Å². The highest BCUT2D eigenvalue weighted by Crippen LogP contribution is 2.37. The number of amides is 1. The maximum absolute atomic E-state index is 12.6. The fraction of sp³-hybridized carbons (Fsp3) is 0.333. The molecule has 0 spiro atoms. The zero-order chi connectivity index (χ0) is 22.0. The van der Waals surface area contributed by atoms with Crippen LogP contribution < -0.4 is 10.9 Å². The lowest BCUT2D eigenvalue weighted by Crippen LogP contribution is -2.32. The van der Waals surface area contributed by atoms with E-state index in [0.717, 1.165) is 42.6 Å². The minimum atomic E-state index is -0.338. The number of carbonyl (C=O) groups is 2. The molecule has 0 atom stereocenters. The van der Waals surface area contributed by atoms with Crippen LogP contribution in [0.25, 0.3) is 17.2 Å². The van der Waals surface area contributed by atoms with Crippen LogP contribution in [-0.2, 0) is 9.53 Å². The van der Waals surface area contributed by atoms with Crippen LogP contribution in [0.5, 0.6) is 0 Å². The van der Waals surface area contributed by atoms with E-state index in [9.17, 15) is 9.59 Å². The molecule has 0 bridgehead atoms. The lowest BCUT2D eigenvalue weighted by molar-refractivity contribution is -0.138. The van der Waals surface area contributed by atoms with Crippen molar-refractivity contribution < 1.29 is 14.3 Å². The van der Waals surface area contributed by atoms with Crippen molar-refractivity contribution in [3.05, 3.63) is 58.1 Å². The quantitative estimate of drug-likeness (QED) is 0.568. The summed E-state index contributed by atoms with van der Waals surface area (Å²) >= 11 is 6.59. The standard InChI is InChI=1S/C24H26ClN3O3/c1-2-31-24(30)18-9-12-28(26)22-20(13-18)14-19(15-21(22)25)16-5-7-17(8-6-16)23(29)27-10-3-4-11-27/h5-8,13-15H,2-4,9-12,26H2,1H3. The van der Waals surface area contributed by atoms with Crippen LogP contribution in [0.2, 0.25) is 5.02 Å². The number of likely N-dealkylation sites (tertiary alicyclic amines) is 1. The predicted molar refractivity (Wildman–Crippen MR) is 123 cm³/mol. The molecule has 2 N–H and O–H groups in total. The minimum Gasteiger partial charge on any atom is -0.463 e. The second-order valence-electron chi connectivity index (χ2n) is 7.81. The first kappa shape index (κ1) is 21.4. The normalized spacial score (nSPS) is 15.9. The predicted octanol–water partition coefficient (Wildman–Crippen LogP) is 4.27. The summed E-state index contributed by atoms with van der Waals surface area (Å²) in [6.45, 7) is 4.21. The number of ether oxygens (including phenoxy) is 1. The van der Waals surface area contributed by atoms with Gasteiger partial charge in [0.1, 0.15) is 0 Å². The maximum Gasteiger partial charge on any atom is 0.334 e. The van der Waals surface area contributed by atoms with Gasteiger partial charge >= 0.3 is 5.97 Å². The second kappa shape index (κ2) is 9.12. The van der Waals surface area contributed by atoms with Crippen molar-refractivity contribution in [2.24, 2.45) is 5.84 Å². The van der Waals surface area contributed by atoms with Gasteiger partial charge in [0.15, 0.2) is 0 Å². The molecule has 2 aliphatic heterocycles. The molecule has 0 aliphatic carbocycles. The van der Waals surface area contributed by atoms with Crippen molar-refractivity contribution in [3.8, 4) is 11.1 Å². The summed E-state index contributed by atoms with van der Waals surface area (Å²) < 4.78 is 5.17. The van der Waals surface area contributed by atoms with Crippen LogP contribution in [-0.4, -0.2) is 43.0 Å². The van der Waals surface area contributed by atoms with Gasteiger partial charge in [0.25, 0.3) is 5.91 Å². The van der Waals surface area contributed by atoms with Gasteiger partial charge < -0.3 is 14.6 Å². The van der Waals surface area contributed by atoms with Crippen molar-refractivity contribution in [2.75, 3.05) is 31.3 Å². The Morgan fingerprint density at radius 2 is 1.77 bits per heavy atom. The van der Waals surface area contributed by atoms with Crippen LogP contribution in [0.3, 0.4) is 0 Å². The molecule has 2 aromatic rings. The number of fused-ring (bicyclic) bond motifs is 1. The van der Waals surface area contributed by atoms with Crippen LogP contribution in [0, 0.1) is 0 Å². The van der Waals surface area contributed by atoms with Gasteiger partial charge in [-0.05, 0) is 67.7 Å². The lowest BCUT2D eigenvalue weighted by atomic mass is 9.99. The van der Waals surface area contributed by atoms with E-state index in [-0.39, 0.29) is 11.9 Å². The Bertz CT molecular complexity index is 1030. The highest BCUT2D eigenvalue weighted by molar-refractivity contribution is 6.34. The third-order valence-corrected chi connectivity index (χ3v) is 6.02. The molecular formula is C24H26ClN3O3. The first-order valence-electron chi connectivity index (χ1n) is 10.6. The lowest BCUT2D eigenvalue weighted by Gasteiger charge is -2.21. The molecule has 0 saturated carbocycles. The van der Waals surface area contributed by atoms with E-state index >= 15 is 0 Å². The summed E-state index contributed by atoms with van der Waals surface area (Å²) in [6.07, 6.45) is 4.41. The molecule has 2 aliphatic rings. The number of hydrogen-bond acceptors (Lipinski definition) is 5. The molecule has 1 amide bonds. The number of rotatable bonds is 4. The van der Waals surface area contributed by atoms with Gasteiger partial charge in [-0.25, -0.2) is 10.6 Å². The van der Waals surface area contributed by atoms with Gasteiger partial charge in [0, 0.05) is 36.3 Å². The molecule has 162 valence electrons. The van der Waals surface area contributed by atoms with Gasteiger partial charge in [0.2, 0.25) is 0 Å². The van der Waals surface area contributed by atoms with E-state index in [1.807, 2.05) is 41.3 Å². The minimum absolute atomic E-state index is 0.0739. The van der Waals surface area contributed by atoms with Crippen molar-refractivity contribution in [3.63, 3.8) is 0 Å². The molecule has 1 fully saturated rings. The van der Waals surface area contributed by atoms with Gasteiger partial charge in [-0.2, -0.15) is 0 Å². The van der Waals surface area contributed by atoms with Gasteiger partial charge in [-0.1, -0.05) is 23.7 Å². The molecule has 6 nitrogen and oxygen atoms in total. The largest absolute Gasteiger partial charge is 0.463 e. The van der Waals surface area contributed by atoms with Gasteiger partial charge in [0.05, 0.1) is 17.3 Å². The molecule has 1 saturated heterocycles. The number of nitrogens with zero attached hydrogens (tertiary/aromatic N) is 2. The molecule has 0 radical (unpaired) electrons. The van der Waals surface area contributed by atoms with E-state index in [0.29, 0.717) is 41.4 Å². The Balaban J connectivity index is 1.67. The zero-order valence-electron chi connectivity index (χ0n) is 17.6. The summed E-state index contributed by atoms with van der Waals surface area (Å²) in [4.78, 5) is 26.8. The highest BCUT2D eigenvalue weighted by atomic mass is 35.5. The van der Waals surface area contributed by atoms with Crippen molar-refractivity contribution in [1.29, 1.82) is 0 Å². The Morgan fingerprint density at radius 3 is 2.45 bits per heavy atom. The summed E-state index contributed by atoms with van der Waals surface area (Å²) in [5, 5.41) is 2.08. The van der Waals surface area contributed by atoms with Crippen LogP contribution >= 0.6 is 11.6 Å². The Hall–Kier alpha value is -2.83. The number of hydrogen-bond donors (Lipinski definition) is 1. The summed E-state index contributed by atoms with van der Waals surface area (Å²) in [7, 11) is 0. The number of benzene rings is 2. The first-order chi connectivity index (χ1) is 15.0. The van der Waals surface area contributed by atoms with E-state index in [4.69, 9.17) is 22.2 Å². The molecule has 2 heterocycles. The third kappa shape index (κ3) is 4.45. The highest BCUT2D eigenvalue weighted by Gasteiger charge is 2.22. The maximum atomic E-state index is 12.6. The van der Waals surface area contributed by atoms with Crippen LogP contribution in [0.4, 0.5) is 5.69 Å². The number of halogens is 1. The molecular weight excluding hydrogens is 414 g/mol.